The summed E-state index contributed by atoms with van der Waals surface area (Å²) in [5.41, 5.74) is 0. The molecular formula is C7H11F6O3P. The van der Waals surface area contributed by atoms with Gasteiger partial charge in [-0.2, -0.15) is 13.2 Å². The van der Waals surface area contributed by atoms with Gasteiger partial charge in [-0.25, -0.2) is 13.2 Å². The molecule has 0 aromatic rings. The Kier molecular flexibility index (Phi) is 5.49. The second kappa shape index (κ2) is 5.58. The normalized spacial score (nSPS) is 17.2. The second-order valence-electron chi connectivity index (χ2n) is 2.80. The zero-order valence-electron chi connectivity index (χ0n) is 8.93. The summed E-state index contributed by atoms with van der Waals surface area (Å²) in [7, 11) is -5.66. The van der Waals surface area contributed by atoms with Crippen LogP contribution in [0.1, 0.15) is 13.8 Å². The molecule has 10 heteroatoms. The maximum absolute atomic E-state index is 13.5. The van der Waals surface area contributed by atoms with Gasteiger partial charge in [-0.05, 0) is 13.8 Å². The molecule has 0 aromatic heterocycles. The van der Waals surface area contributed by atoms with Gasteiger partial charge < -0.3 is 9.05 Å². The first-order valence-corrected chi connectivity index (χ1v) is 6.04. The first kappa shape index (κ1) is 16.7. The number of alkyl halides is 6. The maximum Gasteiger partial charge on any atom is 0.440 e. The van der Waals surface area contributed by atoms with E-state index in [4.69, 9.17) is 0 Å². The largest absolute Gasteiger partial charge is 0.440 e. The van der Waals surface area contributed by atoms with E-state index in [0.29, 0.717) is 0 Å². The van der Waals surface area contributed by atoms with Gasteiger partial charge >= 0.3 is 19.2 Å². The van der Waals surface area contributed by atoms with Crippen molar-refractivity contribution in [1.82, 2.24) is 0 Å². The molecule has 0 aromatic carbocycles. The van der Waals surface area contributed by atoms with Crippen LogP contribution in [0, 0.1) is 0 Å². The zero-order chi connectivity index (χ0) is 13.9. The van der Waals surface area contributed by atoms with Crippen LogP contribution < -0.4 is 0 Å². The molecule has 0 saturated carbocycles. The quantitative estimate of drug-likeness (QED) is 0.551. The van der Waals surface area contributed by atoms with E-state index >= 15 is 0 Å². The molecule has 0 radical (unpaired) electrons. The standard InChI is InChI=1S/C7H11F6O3P/c1-3-15-17(14,16-4-2)6(10,5(8)9)7(11,12)13/h5H,3-4H2,1-2H3. The third-order valence-electron chi connectivity index (χ3n) is 1.68. The zero-order valence-corrected chi connectivity index (χ0v) is 9.83. The Balaban J connectivity index is 5.64. The molecule has 0 fully saturated rings. The summed E-state index contributed by atoms with van der Waals surface area (Å²) in [5, 5.41) is -5.33. The maximum atomic E-state index is 13.5. The van der Waals surface area contributed by atoms with E-state index in [1.165, 1.54) is 0 Å². The van der Waals surface area contributed by atoms with Crippen LogP contribution in [0.25, 0.3) is 0 Å². The van der Waals surface area contributed by atoms with Crippen molar-refractivity contribution in [2.75, 3.05) is 13.2 Å². The summed E-state index contributed by atoms with van der Waals surface area (Å²) in [6.07, 6.45) is -10.6. The number of rotatable bonds is 6. The highest BCUT2D eigenvalue weighted by Gasteiger charge is 2.75. The van der Waals surface area contributed by atoms with E-state index in [2.05, 4.69) is 9.05 Å². The Morgan fingerprint density at radius 3 is 1.59 bits per heavy atom. The predicted octanol–water partition coefficient (Wildman–Crippen LogP) is 3.75. The molecular weight excluding hydrogens is 277 g/mol. The van der Waals surface area contributed by atoms with Gasteiger partial charge in [0.15, 0.2) is 0 Å². The van der Waals surface area contributed by atoms with Crippen LogP contribution in [0.5, 0.6) is 0 Å². The molecule has 104 valence electrons. The lowest BCUT2D eigenvalue weighted by atomic mass is 10.4. The smallest absolute Gasteiger partial charge is 0.306 e. The van der Waals surface area contributed by atoms with Gasteiger partial charge in [-0.1, -0.05) is 0 Å². The van der Waals surface area contributed by atoms with E-state index in [9.17, 15) is 30.9 Å². The second-order valence-corrected chi connectivity index (χ2v) is 4.97. The van der Waals surface area contributed by atoms with Gasteiger partial charge in [0.2, 0.25) is 0 Å². The first-order valence-electron chi connectivity index (χ1n) is 4.49. The van der Waals surface area contributed by atoms with Gasteiger partial charge in [0.1, 0.15) is 0 Å². The number of hydrogen-bond acceptors (Lipinski definition) is 3. The van der Waals surface area contributed by atoms with Crippen molar-refractivity contribution in [2.45, 2.75) is 31.9 Å². The molecule has 0 heterocycles. The third-order valence-corrected chi connectivity index (χ3v) is 4.13. The fraction of sp³-hybridized carbons (Fsp3) is 1.00. The van der Waals surface area contributed by atoms with Crippen molar-refractivity contribution in [3.05, 3.63) is 0 Å². The summed E-state index contributed by atoms with van der Waals surface area (Å²) >= 11 is 0. The minimum Gasteiger partial charge on any atom is -0.306 e. The lowest BCUT2D eigenvalue weighted by molar-refractivity contribution is -0.239. The van der Waals surface area contributed by atoms with Crippen molar-refractivity contribution in [3.63, 3.8) is 0 Å². The Bertz CT molecular complexity index is 284. The van der Waals surface area contributed by atoms with Crippen LogP contribution in [0.4, 0.5) is 26.3 Å². The van der Waals surface area contributed by atoms with Crippen LogP contribution in [0.15, 0.2) is 0 Å². The van der Waals surface area contributed by atoms with Crippen LogP contribution >= 0.6 is 7.60 Å². The Hall–Kier alpha value is -0.270. The van der Waals surface area contributed by atoms with Crippen LogP contribution in [-0.2, 0) is 13.6 Å². The summed E-state index contributed by atoms with van der Waals surface area (Å²) in [6, 6.07) is 0. The van der Waals surface area contributed by atoms with Gasteiger partial charge in [0.05, 0.1) is 13.2 Å². The van der Waals surface area contributed by atoms with Gasteiger partial charge in [0.25, 0.3) is 6.43 Å². The third kappa shape index (κ3) is 2.95. The van der Waals surface area contributed by atoms with Crippen LogP contribution in [0.2, 0.25) is 0 Å². The minimum atomic E-state index is -6.07. The molecule has 3 nitrogen and oxygen atoms in total. The minimum absolute atomic E-state index is 0.661. The molecule has 0 N–H and O–H groups in total. The van der Waals surface area contributed by atoms with Crippen molar-refractivity contribution in [3.8, 4) is 0 Å². The molecule has 0 aliphatic carbocycles. The fourth-order valence-electron chi connectivity index (χ4n) is 0.964. The predicted molar refractivity (Wildman–Crippen MR) is 46.8 cm³/mol. The lowest BCUT2D eigenvalue weighted by Gasteiger charge is -2.32. The number of halogens is 6. The molecule has 0 amide bonds. The Morgan fingerprint density at radius 1 is 1.06 bits per heavy atom. The molecule has 17 heavy (non-hydrogen) atoms. The molecule has 1 atom stereocenters. The van der Waals surface area contributed by atoms with Crippen LogP contribution in [0.3, 0.4) is 0 Å². The van der Waals surface area contributed by atoms with Gasteiger partial charge in [-0.3, -0.25) is 4.57 Å². The monoisotopic (exact) mass is 288 g/mol. The topological polar surface area (TPSA) is 35.5 Å². The fourth-order valence-corrected chi connectivity index (χ4v) is 2.64. The lowest BCUT2D eigenvalue weighted by Crippen LogP contribution is -2.48. The van der Waals surface area contributed by atoms with Crippen molar-refractivity contribution >= 4 is 7.60 Å². The highest BCUT2D eigenvalue weighted by molar-refractivity contribution is 7.55. The highest BCUT2D eigenvalue weighted by atomic mass is 31.2. The molecule has 0 saturated heterocycles. The van der Waals surface area contributed by atoms with E-state index < -0.39 is 38.8 Å². The van der Waals surface area contributed by atoms with Crippen LogP contribution in [-0.4, -0.2) is 31.2 Å². The van der Waals surface area contributed by atoms with Gasteiger partial charge in [-0.15, -0.1) is 0 Å². The summed E-state index contributed by atoms with van der Waals surface area (Å²) < 4.78 is 94.4. The van der Waals surface area contributed by atoms with Crippen molar-refractivity contribution < 1.29 is 40.0 Å². The van der Waals surface area contributed by atoms with Gasteiger partial charge in [0, 0.05) is 0 Å². The highest BCUT2D eigenvalue weighted by Crippen LogP contribution is 2.68. The number of hydrogen-bond donors (Lipinski definition) is 0. The average molecular weight is 288 g/mol. The molecule has 1 unspecified atom stereocenters. The molecule has 0 aliphatic rings. The summed E-state index contributed by atoms with van der Waals surface area (Å²) in [4.78, 5) is 0. The molecule has 0 aliphatic heterocycles. The summed E-state index contributed by atoms with van der Waals surface area (Å²) in [5.74, 6) is 0. The molecule has 0 rings (SSSR count). The average Bonchev–Trinajstić information content (AvgIpc) is 2.14. The van der Waals surface area contributed by atoms with E-state index in [0.717, 1.165) is 13.8 Å². The van der Waals surface area contributed by atoms with Crippen molar-refractivity contribution in [1.29, 1.82) is 0 Å². The Labute approximate surface area is 93.6 Å². The SMILES string of the molecule is CCOP(=O)(OCC)C(F)(C(F)F)C(F)(F)F. The first-order chi connectivity index (χ1) is 7.56. The van der Waals surface area contributed by atoms with Crippen molar-refractivity contribution in [2.24, 2.45) is 0 Å². The Morgan fingerprint density at radius 2 is 1.41 bits per heavy atom. The van der Waals surface area contributed by atoms with E-state index in [1.807, 2.05) is 0 Å². The molecule has 0 spiro atoms. The van der Waals surface area contributed by atoms with E-state index in [1.54, 1.807) is 0 Å². The summed E-state index contributed by atoms with van der Waals surface area (Å²) in [6.45, 7) is 0.833. The van der Waals surface area contributed by atoms with E-state index in [-0.39, 0.29) is 0 Å². The molecule has 0 bridgehead atoms.